The Morgan fingerprint density at radius 1 is 1.10 bits per heavy atom. The summed E-state index contributed by atoms with van der Waals surface area (Å²) in [6.45, 7) is 1.83. The number of likely N-dealkylation sites (N-methyl/N-ethyl adjacent to an activating group) is 1. The van der Waals surface area contributed by atoms with Gasteiger partial charge in [0, 0.05) is 26.3 Å². The third-order valence-electron chi connectivity index (χ3n) is 3.55. The van der Waals surface area contributed by atoms with Crippen molar-refractivity contribution in [1.29, 1.82) is 0 Å². The molecule has 1 aliphatic heterocycles. The van der Waals surface area contributed by atoms with Crippen molar-refractivity contribution in [3.8, 4) is 0 Å². The first kappa shape index (κ1) is 12.9. The lowest BCUT2D eigenvalue weighted by molar-refractivity contribution is 0.820. The van der Waals surface area contributed by atoms with Crippen molar-refractivity contribution in [1.82, 2.24) is 4.98 Å². The number of anilines is 3. The molecular weight excluding hydrogens is 268 g/mol. The number of nitrogens with zero attached hydrogens (tertiary/aromatic N) is 3. The van der Waals surface area contributed by atoms with E-state index in [0.717, 1.165) is 24.5 Å². The molecule has 0 saturated carbocycles. The standard InChI is InChI=1S/C15H16N4S/c1-18-9-10-19(12-6-3-2-5-11(12)18)13-7-4-8-17-14(13)15(16)20/h2-8H,9-10H2,1H3,(H2,16,20). The summed E-state index contributed by atoms with van der Waals surface area (Å²) < 4.78 is 0. The number of para-hydroxylation sites is 2. The Morgan fingerprint density at radius 3 is 2.55 bits per heavy atom. The van der Waals surface area contributed by atoms with Crippen molar-refractivity contribution in [2.45, 2.75) is 0 Å². The molecule has 0 unspecified atom stereocenters. The zero-order valence-corrected chi connectivity index (χ0v) is 12.1. The molecule has 2 heterocycles. The maximum absolute atomic E-state index is 5.80. The number of fused-ring (bicyclic) bond motifs is 1. The van der Waals surface area contributed by atoms with E-state index in [4.69, 9.17) is 18.0 Å². The van der Waals surface area contributed by atoms with Crippen LogP contribution in [-0.2, 0) is 0 Å². The molecule has 4 nitrogen and oxygen atoms in total. The van der Waals surface area contributed by atoms with Gasteiger partial charge in [-0.05, 0) is 24.3 Å². The van der Waals surface area contributed by atoms with Crippen molar-refractivity contribution >= 4 is 34.3 Å². The van der Waals surface area contributed by atoms with Gasteiger partial charge in [-0.1, -0.05) is 24.4 Å². The number of benzene rings is 1. The zero-order valence-electron chi connectivity index (χ0n) is 11.3. The number of nitrogens with two attached hydrogens (primary N) is 1. The molecular formula is C15H16N4S. The molecule has 2 aromatic rings. The monoisotopic (exact) mass is 284 g/mol. The van der Waals surface area contributed by atoms with Crippen molar-refractivity contribution in [2.75, 3.05) is 29.9 Å². The third kappa shape index (κ3) is 2.10. The van der Waals surface area contributed by atoms with Crippen LogP contribution in [0.3, 0.4) is 0 Å². The fourth-order valence-electron chi connectivity index (χ4n) is 2.56. The van der Waals surface area contributed by atoms with E-state index in [9.17, 15) is 0 Å². The summed E-state index contributed by atoms with van der Waals surface area (Å²) in [6.07, 6.45) is 1.72. The van der Waals surface area contributed by atoms with Crippen LogP contribution in [0.5, 0.6) is 0 Å². The largest absolute Gasteiger partial charge is 0.388 e. The summed E-state index contributed by atoms with van der Waals surface area (Å²) in [5.41, 5.74) is 9.82. The van der Waals surface area contributed by atoms with Crippen molar-refractivity contribution < 1.29 is 0 Å². The Morgan fingerprint density at radius 2 is 1.80 bits per heavy atom. The summed E-state index contributed by atoms with van der Waals surface area (Å²) in [5.74, 6) is 0. The van der Waals surface area contributed by atoms with E-state index in [2.05, 4.69) is 40.0 Å². The number of aromatic nitrogens is 1. The van der Waals surface area contributed by atoms with Crippen LogP contribution in [0.2, 0.25) is 0 Å². The molecule has 1 aliphatic rings. The van der Waals surface area contributed by atoms with Gasteiger partial charge in [-0.2, -0.15) is 0 Å². The minimum absolute atomic E-state index is 0.331. The molecule has 0 saturated heterocycles. The molecule has 0 aliphatic carbocycles. The number of hydrogen-bond donors (Lipinski definition) is 1. The van der Waals surface area contributed by atoms with Gasteiger partial charge in [0.05, 0.1) is 17.1 Å². The normalized spacial score (nSPS) is 14.1. The van der Waals surface area contributed by atoms with Gasteiger partial charge in [-0.15, -0.1) is 0 Å². The molecule has 5 heteroatoms. The third-order valence-corrected chi connectivity index (χ3v) is 3.75. The van der Waals surface area contributed by atoms with Crippen LogP contribution in [0, 0.1) is 0 Å². The predicted molar refractivity (Wildman–Crippen MR) is 86.8 cm³/mol. The fourth-order valence-corrected chi connectivity index (χ4v) is 2.72. The molecule has 20 heavy (non-hydrogen) atoms. The molecule has 0 bridgehead atoms. The molecule has 0 amide bonds. The lowest BCUT2D eigenvalue weighted by atomic mass is 10.1. The lowest BCUT2D eigenvalue weighted by Gasteiger charge is -2.37. The minimum atomic E-state index is 0.331. The first-order valence-electron chi connectivity index (χ1n) is 6.51. The average molecular weight is 284 g/mol. The molecule has 0 fully saturated rings. The van der Waals surface area contributed by atoms with Crippen LogP contribution in [0.1, 0.15) is 5.69 Å². The number of rotatable bonds is 2. The van der Waals surface area contributed by atoms with Crippen molar-refractivity contribution in [3.05, 3.63) is 48.3 Å². The smallest absolute Gasteiger partial charge is 0.124 e. The molecule has 1 aromatic carbocycles. The van der Waals surface area contributed by atoms with Crippen LogP contribution in [0.25, 0.3) is 0 Å². The Balaban J connectivity index is 2.13. The molecule has 3 rings (SSSR count). The molecule has 2 N–H and O–H groups in total. The van der Waals surface area contributed by atoms with Crippen molar-refractivity contribution in [2.24, 2.45) is 5.73 Å². The summed E-state index contributed by atoms with van der Waals surface area (Å²) in [5, 5.41) is 0. The minimum Gasteiger partial charge on any atom is -0.388 e. The van der Waals surface area contributed by atoms with E-state index in [1.165, 1.54) is 5.69 Å². The Labute approximate surface area is 123 Å². The summed E-state index contributed by atoms with van der Waals surface area (Å²) in [6, 6.07) is 12.3. The van der Waals surface area contributed by atoms with E-state index in [1.54, 1.807) is 6.20 Å². The highest BCUT2D eigenvalue weighted by Crippen LogP contribution is 2.37. The molecule has 0 atom stereocenters. The average Bonchev–Trinajstić information content (AvgIpc) is 2.48. The second-order valence-electron chi connectivity index (χ2n) is 4.80. The van der Waals surface area contributed by atoms with E-state index >= 15 is 0 Å². The fraction of sp³-hybridized carbons (Fsp3) is 0.200. The lowest BCUT2D eigenvalue weighted by Crippen LogP contribution is -2.37. The highest BCUT2D eigenvalue weighted by Gasteiger charge is 2.23. The summed E-state index contributed by atoms with van der Waals surface area (Å²) in [7, 11) is 2.11. The Hall–Kier alpha value is -2.14. The first-order valence-corrected chi connectivity index (χ1v) is 6.92. The SMILES string of the molecule is CN1CCN(c2cccnc2C(N)=S)c2ccccc21. The van der Waals surface area contributed by atoms with Gasteiger partial charge in [0.2, 0.25) is 0 Å². The van der Waals surface area contributed by atoms with E-state index in [0.29, 0.717) is 10.7 Å². The van der Waals surface area contributed by atoms with Gasteiger partial charge < -0.3 is 15.5 Å². The van der Waals surface area contributed by atoms with E-state index < -0.39 is 0 Å². The number of thiocarbonyl (C=S) groups is 1. The number of hydrogen-bond acceptors (Lipinski definition) is 4. The zero-order chi connectivity index (χ0) is 14.1. The van der Waals surface area contributed by atoms with E-state index in [-0.39, 0.29) is 0 Å². The van der Waals surface area contributed by atoms with Gasteiger partial charge in [-0.25, -0.2) is 0 Å². The second kappa shape index (κ2) is 5.09. The van der Waals surface area contributed by atoms with Crippen LogP contribution >= 0.6 is 12.2 Å². The van der Waals surface area contributed by atoms with Crippen LogP contribution in [-0.4, -0.2) is 30.1 Å². The summed E-state index contributed by atoms with van der Waals surface area (Å²) >= 11 is 5.12. The van der Waals surface area contributed by atoms with Gasteiger partial charge in [0.15, 0.2) is 0 Å². The quantitative estimate of drug-likeness (QED) is 0.857. The second-order valence-corrected chi connectivity index (χ2v) is 5.24. The van der Waals surface area contributed by atoms with Crippen LogP contribution in [0.4, 0.5) is 17.1 Å². The molecule has 1 aromatic heterocycles. The number of pyridine rings is 1. The highest BCUT2D eigenvalue weighted by molar-refractivity contribution is 7.80. The topological polar surface area (TPSA) is 45.4 Å². The molecule has 0 radical (unpaired) electrons. The maximum atomic E-state index is 5.80. The van der Waals surface area contributed by atoms with Crippen LogP contribution < -0.4 is 15.5 Å². The van der Waals surface area contributed by atoms with E-state index in [1.807, 2.05) is 18.2 Å². The summed E-state index contributed by atoms with van der Waals surface area (Å²) in [4.78, 5) is 9.14. The van der Waals surface area contributed by atoms with Gasteiger partial charge in [-0.3, -0.25) is 4.98 Å². The molecule has 102 valence electrons. The first-order chi connectivity index (χ1) is 9.68. The maximum Gasteiger partial charge on any atom is 0.124 e. The molecule has 0 spiro atoms. The Bertz CT molecular complexity index is 656. The van der Waals surface area contributed by atoms with Gasteiger partial charge in [0.25, 0.3) is 0 Å². The highest BCUT2D eigenvalue weighted by atomic mass is 32.1. The predicted octanol–water partition coefficient (Wildman–Crippen LogP) is 2.30. The van der Waals surface area contributed by atoms with Crippen LogP contribution in [0.15, 0.2) is 42.6 Å². The van der Waals surface area contributed by atoms with Gasteiger partial charge in [0.1, 0.15) is 10.7 Å². The Kier molecular flexibility index (Phi) is 3.28. The van der Waals surface area contributed by atoms with Gasteiger partial charge >= 0.3 is 0 Å². The van der Waals surface area contributed by atoms with Crippen molar-refractivity contribution in [3.63, 3.8) is 0 Å².